The normalized spacial score (nSPS) is 5.20. The van der Waals surface area contributed by atoms with Gasteiger partial charge in [0.15, 0.2) is 0 Å². The highest BCUT2D eigenvalue weighted by atomic mass is 16.4. The Morgan fingerprint density at radius 1 is 1.00 bits per heavy atom. The molecule has 0 aromatic heterocycles. The van der Waals surface area contributed by atoms with Gasteiger partial charge in [-0.15, -0.1) is 13.2 Å². The van der Waals surface area contributed by atoms with Crippen LogP contribution >= 0.6 is 0 Å². The van der Waals surface area contributed by atoms with Crippen LogP contribution in [0.4, 0.5) is 9.59 Å². The summed E-state index contributed by atoms with van der Waals surface area (Å²) < 4.78 is 0. The van der Waals surface area contributed by atoms with Crippen LogP contribution in [-0.4, -0.2) is 22.4 Å². The summed E-state index contributed by atoms with van der Waals surface area (Å²) in [4.78, 5) is 17.6. The van der Waals surface area contributed by atoms with Gasteiger partial charge in [-0.25, -0.2) is 9.59 Å². The molecule has 60 valence electrons. The number of primary amides is 2. The van der Waals surface area contributed by atoms with Gasteiger partial charge in [0.1, 0.15) is 0 Å². The summed E-state index contributed by atoms with van der Waals surface area (Å²) in [5, 5.41) is 14.4. The van der Waals surface area contributed by atoms with Crippen LogP contribution in [-0.2, 0) is 0 Å². The molecule has 0 atom stereocenters. The number of nitrogens with two attached hydrogens (primary N) is 2. The van der Waals surface area contributed by atoms with E-state index in [0.717, 1.165) is 0 Å². The van der Waals surface area contributed by atoms with Gasteiger partial charge in [-0.1, -0.05) is 0 Å². The fraction of sp³-hybridized carbons (Fsp3) is 0. The van der Waals surface area contributed by atoms with E-state index in [1.807, 2.05) is 0 Å². The van der Waals surface area contributed by atoms with Gasteiger partial charge >= 0.3 is 12.2 Å². The van der Waals surface area contributed by atoms with Crippen molar-refractivity contribution in [3.63, 3.8) is 0 Å². The minimum absolute atomic E-state index is 1.33. The van der Waals surface area contributed by atoms with E-state index in [2.05, 4.69) is 24.6 Å². The zero-order valence-electron chi connectivity index (χ0n) is 5.28. The average Bonchev–Trinajstić information content (AvgIpc) is 1.66. The second-order valence-electron chi connectivity index (χ2n) is 0.676. The molecule has 0 heterocycles. The van der Waals surface area contributed by atoms with Crippen LogP contribution in [0.15, 0.2) is 13.2 Å². The molecule has 0 aromatic rings. The second kappa shape index (κ2) is 15.7. The molecule has 6 N–H and O–H groups in total. The Labute approximate surface area is 57.7 Å². The molecule has 0 saturated carbocycles. The molecule has 0 bridgehead atoms. The lowest BCUT2D eigenvalue weighted by Gasteiger charge is -1.61. The van der Waals surface area contributed by atoms with E-state index < -0.39 is 12.2 Å². The molecule has 10 heavy (non-hydrogen) atoms. The monoisotopic (exact) mass is 150 g/mol. The fourth-order valence-corrected chi connectivity index (χ4v) is 0. The fourth-order valence-electron chi connectivity index (χ4n) is 0. The summed E-state index contributed by atoms with van der Waals surface area (Å²) >= 11 is 0. The minimum Gasteiger partial charge on any atom is -0.465 e. The standard InChI is InChI=1S/C2H4.2CH3NO2/c1-2;2*2-1(3)4/h1-2H2;2*2H2,(H,3,4). The number of carbonyl (C=O) groups is 2. The molecule has 0 saturated heterocycles. The lowest BCUT2D eigenvalue weighted by atomic mass is 11.3. The highest BCUT2D eigenvalue weighted by Crippen LogP contribution is 1.35. The molecular weight excluding hydrogens is 140 g/mol. The third-order valence-corrected chi connectivity index (χ3v) is 0. The van der Waals surface area contributed by atoms with Crippen molar-refractivity contribution in [1.29, 1.82) is 0 Å². The molecule has 0 rings (SSSR count). The Hall–Kier alpha value is -1.72. The van der Waals surface area contributed by atoms with E-state index in [4.69, 9.17) is 19.8 Å². The SMILES string of the molecule is C=C.NC(=O)O.NC(=O)O. The quantitative estimate of drug-likeness (QED) is 0.364. The molecular formula is C4H10N2O4. The number of hydrogen-bond acceptors (Lipinski definition) is 2. The largest absolute Gasteiger partial charge is 0.465 e. The first-order valence-corrected chi connectivity index (χ1v) is 1.93. The topological polar surface area (TPSA) is 127 Å². The van der Waals surface area contributed by atoms with E-state index in [9.17, 15) is 0 Å². The summed E-state index contributed by atoms with van der Waals surface area (Å²) in [5.74, 6) is 0. The van der Waals surface area contributed by atoms with E-state index in [1.54, 1.807) is 0 Å². The van der Waals surface area contributed by atoms with E-state index in [1.165, 1.54) is 0 Å². The maximum atomic E-state index is 8.78. The van der Waals surface area contributed by atoms with Crippen molar-refractivity contribution in [3.05, 3.63) is 13.2 Å². The Morgan fingerprint density at radius 2 is 1.00 bits per heavy atom. The van der Waals surface area contributed by atoms with Gasteiger partial charge in [-0.05, 0) is 0 Å². The van der Waals surface area contributed by atoms with Crippen LogP contribution in [0.1, 0.15) is 0 Å². The second-order valence-corrected chi connectivity index (χ2v) is 0.676. The summed E-state index contributed by atoms with van der Waals surface area (Å²) in [6, 6.07) is 0. The number of hydrogen-bond donors (Lipinski definition) is 4. The van der Waals surface area contributed by atoms with Crippen LogP contribution in [0.2, 0.25) is 0 Å². The van der Waals surface area contributed by atoms with E-state index in [-0.39, 0.29) is 0 Å². The van der Waals surface area contributed by atoms with E-state index >= 15 is 0 Å². The Morgan fingerprint density at radius 3 is 1.00 bits per heavy atom. The smallest absolute Gasteiger partial charge is 0.402 e. The van der Waals surface area contributed by atoms with Crippen molar-refractivity contribution in [2.75, 3.05) is 0 Å². The highest BCUT2D eigenvalue weighted by molar-refractivity contribution is 5.61. The minimum atomic E-state index is -1.33. The van der Waals surface area contributed by atoms with Crippen molar-refractivity contribution in [2.24, 2.45) is 11.5 Å². The molecule has 0 aliphatic carbocycles. The zero-order valence-corrected chi connectivity index (χ0v) is 5.28. The zero-order chi connectivity index (χ0) is 9.15. The maximum Gasteiger partial charge on any atom is 0.402 e. The lowest BCUT2D eigenvalue weighted by molar-refractivity contribution is 0.204. The van der Waals surface area contributed by atoms with Crippen molar-refractivity contribution in [3.8, 4) is 0 Å². The van der Waals surface area contributed by atoms with Gasteiger partial charge in [0, 0.05) is 0 Å². The van der Waals surface area contributed by atoms with Crippen LogP contribution in [0.5, 0.6) is 0 Å². The maximum absolute atomic E-state index is 8.78. The lowest BCUT2D eigenvalue weighted by Crippen LogP contribution is -2.03. The summed E-state index contributed by atoms with van der Waals surface area (Å²) in [7, 11) is 0. The molecule has 0 unspecified atom stereocenters. The van der Waals surface area contributed by atoms with Gasteiger partial charge in [-0.3, -0.25) is 0 Å². The van der Waals surface area contributed by atoms with Crippen LogP contribution < -0.4 is 11.5 Å². The Balaban J connectivity index is -0.0000000787. The first kappa shape index (κ1) is 15.7. The molecule has 6 nitrogen and oxygen atoms in total. The van der Waals surface area contributed by atoms with Crippen molar-refractivity contribution in [2.45, 2.75) is 0 Å². The highest BCUT2D eigenvalue weighted by Gasteiger charge is 1.65. The van der Waals surface area contributed by atoms with Gasteiger partial charge in [-0.2, -0.15) is 0 Å². The van der Waals surface area contributed by atoms with Crippen LogP contribution in [0.25, 0.3) is 0 Å². The van der Waals surface area contributed by atoms with E-state index in [0.29, 0.717) is 0 Å². The molecule has 0 fully saturated rings. The molecule has 0 aliphatic heterocycles. The van der Waals surface area contributed by atoms with Crippen molar-refractivity contribution >= 4 is 12.2 Å². The molecule has 0 aliphatic rings. The molecule has 0 aromatic carbocycles. The Bertz CT molecular complexity index is 83.4. The van der Waals surface area contributed by atoms with Gasteiger partial charge in [0.05, 0.1) is 0 Å². The number of rotatable bonds is 0. The summed E-state index contributed by atoms with van der Waals surface area (Å²) in [6.45, 7) is 6.00. The summed E-state index contributed by atoms with van der Waals surface area (Å²) in [6.07, 6.45) is -2.67. The predicted molar refractivity (Wildman–Crippen MR) is 35.7 cm³/mol. The van der Waals surface area contributed by atoms with Gasteiger partial charge < -0.3 is 21.7 Å². The van der Waals surface area contributed by atoms with Crippen LogP contribution in [0, 0.1) is 0 Å². The molecule has 0 spiro atoms. The van der Waals surface area contributed by atoms with Crippen molar-refractivity contribution in [1.82, 2.24) is 0 Å². The molecule has 2 amide bonds. The average molecular weight is 150 g/mol. The molecule has 6 heteroatoms. The predicted octanol–water partition coefficient (Wildman–Crippen LogP) is 0.0484. The first-order valence-electron chi connectivity index (χ1n) is 1.93. The van der Waals surface area contributed by atoms with Gasteiger partial charge in [0.25, 0.3) is 0 Å². The number of carboxylic acid groups (broad SMARTS) is 2. The number of amides is 2. The van der Waals surface area contributed by atoms with Gasteiger partial charge in [0.2, 0.25) is 0 Å². The molecule has 0 radical (unpaired) electrons. The summed E-state index contributed by atoms with van der Waals surface area (Å²) in [5.41, 5.74) is 8.06. The first-order chi connectivity index (χ1) is 4.46. The third-order valence-electron chi connectivity index (χ3n) is 0. The third kappa shape index (κ3) is 59.2. The van der Waals surface area contributed by atoms with Crippen molar-refractivity contribution < 1.29 is 19.8 Å². The van der Waals surface area contributed by atoms with Crippen LogP contribution in [0.3, 0.4) is 0 Å². The Kier molecular flexibility index (Phi) is 24.7.